The van der Waals surface area contributed by atoms with Gasteiger partial charge in [0.15, 0.2) is 0 Å². The van der Waals surface area contributed by atoms with E-state index in [4.69, 9.17) is 23.7 Å². The van der Waals surface area contributed by atoms with E-state index in [0.29, 0.717) is 39.3 Å². The Labute approximate surface area is 188 Å². The highest BCUT2D eigenvalue weighted by molar-refractivity contribution is 5.86. The van der Waals surface area contributed by atoms with Crippen LogP contribution in [0.1, 0.15) is 39.0 Å². The first kappa shape index (κ1) is 22.1. The average molecular weight is 452 g/mol. The fourth-order valence-corrected chi connectivity index (χ4v) is 6.45. The van der Waals surface area contributed by atoms with Gasteiger partial charge in [0.25, 0.3) is 0 Å². The summed E-state index contributed by atoms with van der Waals surface area (Å²) >= 11 is 0. The maximum absolute atomic E-state index is 13.3. The monoisotopic (exact) mass is 451 g/mol. The molecular formula is C23H33NO8. The second-order valence-corrected chi connectivity index (χ2v) is 9.66. The summed E-state index contributed by atoms with van der Waals surface area (Å²) in [6, 6.07) is 0. The molecule has 2 aliphatic heterocycles. The molecule has 3 saturated carbocycles. The van der Waals surface area contributed by atoms with Crippen LogP contribution in [0.5, 0.6) is 0 Å². The van der Waals surface area contributed by atoms with Gasteiger partial charge in [-0.2, -0.15) is 0 Å². The van der Waals surface area contributed by atoms with Crippen molar-refractivity contribution in [2.75, 3.05) is 39.5 Å². The summed E-state index contributed by atoms with van der Waals surface area (Å²) in [6.45, 7) is 5.07. The minimum Gasteiger partial charge on any atom is -0.458 e. The summed E-state index contributed by atoms with van der Waals surface area (Å²) in [5.41, 5.74) is 0. The SMILES string of the molecule is CCOC(OC(=O)C1C2CC3C(OC(=O)C31)C2OC(=O)CN1CCOCC1)C1CCCC1. The number of ether oxygens (including phenoxy) is 5. The molecule has 0 amide bonds. The molecule has 2 heterocycles. The van der Waals surface area contributed by atoms with Gasteiger partial charge in [-0.1, -0.05) is 12.8 Å². The van der Waals surface area contributed by atoms with Crippen LogP contribution in [-0.2, 0) is 38.1 Å². The molecule has 0 N–H and O–H groups in total. The van der Waals surface area contributed by atoms with E-state index < -0.39 is 36.3 Å². The van der Waals surface area contributed by atoms with Crippen LogP contribution in [0.15, 0.2) is 0 Å². The summed E-state index contributed by atoms with van der Waals surface area (Å²) in [6.07, 6.45) is 3.19. The third-order valence-corrected chi connectivity index (χ3v) is 7.89. The Bertz CT molecular complexity index is 732. The number of carbonyl (C=O) groups excluding carboxylic acids is 3. The van der Waals surface area contributed by atoms with Crippen molar-refractivity contribution in [2.24, 2.45) is 29.6 Å². The zero-order valence-corrected chi connectivity index (χ0v) is 18.6. The molecule has 7 unspecified atom stereocenters. The second kappa shape index (κ2) is 9.27. The van der Waals surface area contributed by atoms with E-state index in [0.717, 1.165) is 25.7 Å². The Morgan fingerprint density at radius 3 is 2.62 bits per heavy atom. The van der Waals surface area contributed by atoms with Crippen molar-refractivity contribution in [3.8, 4) is 0 Å². The van der Waals surface area contributed by atoms with E-state index in [1.54, 1.807) is 0 Å². The van der Waals surface area contributed by atoms with Crippen LogP contribution < -0.4 is 0 Å². The van der Waals surface area contributed by atoms with E-state index in [-0.39, 0.29) is 36.2 Å². The smallest absolute Gasteiger partial charge is 0.320 e. The predicted octanol–water partition coefficient (Wildman–Crippen LogP) is 1.13. The van der Waals surface area contributed by atoms with Crippen molar-refractivity contribution in [1.29, 1.82) is 0 Å². The second-order valence-electron chi connectivity index (χ2n) is 9.66. The maximum atomic E-state index is 13.3. The first-order chi connectivity index (χ1) is 15.6. The lowest BCUT2D eigenvalue weighted by molar-refractivity contribution is -0.200. The summed E-state index contributed by atoms with van der Waals surface area (Å²) in [4.78, 5) is 40.5. The molecule has 32 heavy (non-hydrogen) atoms. The van der Waals surface area contributed by atoms with Gasteiger partial charge in [0.1, 0.15) is 12.2 Å². The molecule has 2 bridgehead atoms. The predicted molar refractivity (Wildman–Crippen MR) is 109 cm³/mol. The molecule has 3 aliphatic carbocycles. The van der Waals surface area contributed by atoms with Gasteiger partial charge in [-0.25, -0.2) is 0 Å². The summed E-state index contributed by atoms with van der Waals surface area (Å²) in [5.74, 6) is -2.44. The standard InChI is InChI=1S/C23H33NO8/c1-2-29-23(13-5-3-4-6-13)32-22(27)18-14-11-15-17(18)21(26)31-20(15)19(14)30-16(25)12-24-7-9-28-10-8-24/h13-15,17-20,23H,2-12H2,1H3. The first-order valence-electron chi connectivity index (χ1n) is 12.1. The number of hydrogen-bond donors (Lipinski definition) is 0. The molecule has 178 valence electrons. The zero-order chi connectivity index (χ0) is 22.2. The lowest BCUT2D eigenvalue weighted by atomic mass is 9.78. The highest BCUT2D eigenvalue weighted by Gasteiger charge is 2.70. The van der Waals surface area contributed by atoms with Gasteiger partial charge in [0.05, 0.1) is 31.6 Å². The van der Waals surface area contributed by atoms with Crippen LogP contribution in [0.3, 0.4) is 0 Å². The fourth-order valence-electron chi connectivity index (χ4n) is 6.45. The van der Waals surface area contributed by atoms with Crippen LogP contribution in [0.2, 0.25) is 0 Å². The molecule has 0 aromatic heterocycles. The molecular weight excluding hydrogens is 418 g/mol. The summed E-state index contributed by atoms with van der Waals surface area (Å²) in [5, 5.41) is 0. The van der Waals surface area contributed by atoms with Crippen molar-refractivity contribution in [3.05, 3.63) is 0 Å². The van der Waals surface area contributed by atoms with E-state index in [1.807, 2.05) is 11.8 Å². The molecule has 0 radical (unpaired) electrons. The summed E-state index contributed by atoms with van der Waals surface area (Å²) in [7, 11) is 0. The minimum absolute atomic E-state index is 0.0942. The normalized spacial score (nSPS) is 37.5. The Morgan fingerprint density at radius 2 is 1.91 bits per heavy atom. The fraction of sp³-hybridized carbons (Fsp3) is 0.870. The third-order valence-electron chi connectivity index (χ3n) is 7.89. The molecule has 0 spiro atoms. The molecule has 0 aromatic rings. The highest BCUT2D eigenvalue weighted by Crippen LogP contribution is 2.59. The van der Waals surface area contributed by atoms with E-state index in [9.17, 15) is 14.4 Å². The Morgan fingerprint density at radius 1 is 1.16 bits per heavy atom. The van der Waals surface area contributed by atoms with Gasteiger partial charge in [-0.05, 0) is 26.2 Å². The molecule has 9 nitrogen and oxygen atoms in total. The van der Waals surface area contributed by atoms with Crippen molar-refractivity contribution in [3.63, 3.8) is 0 Å². The van der Waals surface area contributed by atoms with Gasteiger partial charge in [-0.15, -0.1) is 0 Å². The Kier molecular flexibility index (Phi) is 6.40. The number of carbonyl (C=O) groups is 3. The van der Waals surface area contributed by atoms with Gasteiger partial charge in [-0.3, -0.25) is 19.3 Å². The van der Waals surface area contributed by atoms with E-state index >= 15 is 0 Å². The molecule has 2 saturated heterocycles. The lowest BCUT2D eigenvalue weighted by Crippen LogP contribution is -2.46. The minimum atomic E-state index is -0.642. The van der Waals surface area contributed by atoms with Crippen LogP contribution in [0.25, 0.3) is 0 Å². The molecule has 0 aromatic carbocycles. The zero-order valence-electron chi connectivity index (χ0n) is 18.6. The molecule has 7 atom stereocenters. The number of rotatable bonds is 8. The van der Waals surface area contributed by atoms with Crippen molar-refractivity contribution in [1.82, 2.24) is 4.90 Å². The van der Waals surface area contributed by atoms with Crippen LogP contribution in [0.4, 0.5) is 0 Å². The molecule has 9 heteroatoms. The average Bonchev–Trinajstić information content (AvgIpc) is 3.53. The lowest BCUT2D eigenvalue weighted by Gasteiger charge is -2.33. The van der Waals surface area contributed by atoms with Crippen molar-refractivity contribution >= 4 is 17.9 Å². The number of esters is 3. The van der Waals surface area contributed by atoms with Gasteiger partial charge < -0.3 is 23.7 Å². The van der Waals surface area contributed by atoms with E-state index in [1.165, 1.54) is 0 Å². The van der Waals surface area contributed by atoms with Gasteiger partial charge in [0, 0.05) is 37.5 Å². The van der Waals surface area contributed by atoms with Crippen molar-refractivity contribution < 1.29 is 38.1 Å². The number of nitrogens with zero attached hydrogens (tertiary/aromatic N) is 1. The van der Waals surface area contributed by atoms with Gasteiger partial charge >= 0.3 is 17.9 Å². The van der Waals surface area contributed by atoms with Crippen LogP contribution >= 0.6 is 0 Å². The molecule has 5 fully saturated rings. The van der Waals surface area contributed by atoms with Crippen LogP contribution in [0, 0.1) is 29.6 Å². The number of fused-ring (bicyclic) bond motifs is 1. The largest absolute Gasteiger partial charge is 0.458 e. The van der Waals surface area contributed by atoms with E-state index in [2.05, 4.69) is 0 Å². The Hall–Kier alpha value is -1.71. The highest BCUT2D eigenvalue weighted by atomic mass is 16.7. The Balaban J connectivity index is 1.26. The summed E-state index contributed by atoms with van der Waals surface area (Å²) < 4.78 is 28.3. The quantitative estimate of drug-likeness (QED) is 0.305. The van der Waals surface area contributed by atoms with Gasteiger partial charge in [0.2, 0.25) is 6.29 Å². The molecule has 5 aliphatic rings. The maximum Gasteiger partial charge on any atom is 0.320 e. The molecule has 5 rings (SSSR count). The first-order valence-corrected chi connectivity index (χ1v) is 12.1. The topological polar surface area (TPSA) is 101 Å². The third kappa shape index (κ3) is 4.03. The van der Waals surface area contributed by atoms with Crippen molar-refractivity contribution in [2.45, 2.75) is 57.5 Å². The number of hydrogen-bond acceptors (Lipinski definition) is 9. The van der Waals surface area contributed by atoms with Crippen LogP contribution in [-0.4, -0.2) is 80.8 Å². The number of morpholine rings is 1.